The van der Waals surface area contributed by atoms with Crippen molar-refractivity contribution in [1.29, 1.82) is 0 Å². The third kappa shape index (κ3) is 2.85. The molecule has 0 saturated heterocycles. The zero-order valence-corrected chi connectivity index (χ0v) is 11.7. The Morgan fingerprint density at radius 2 is 0.731 bits per heavy atom. The molecular weight excluding hydrogens is 449 g/mol. The van der Waals surface area contributed by atoms with E-state index in [1.807, 2.05) is 0 Å². The van der Waals surface area contributed by atoms with Gasteiger partial charge in [-0.05, 0) is 0 Å². The molecule has 0 amide bonds. The Hall–Kier alpha value is -1.14. The Bertz CT molecular complexity index is 600. The molecule has 26 heavy (non-hydrogen) atoms. The van der Waals surface area contributed by atoms with Crippen LogP contribution in [0.25, 0.3) is 0 Å². The number of hydrogen-bond acceptors (Lipinski definition) is 2. The molecular formula is C7HF15O3S. The zero-order chi connectivity index (χ0) is 22.0. The molecule has 0 spiro atoms. The molecule has 0 rings (SSSR count). The fourth-order valence-corrected chi connectivity index (χ4v) is 2.05. The summed E-state index contributed by atoms with van der Waals surface area (Å²) in [6, 6.07) is 0. The molecule has 0 aliphatic carbocycles. The lowest BCUT2D eigenvalue weighted by Crippen LogP contribution is -2.76. The quantitative estimate of drug-likeness (QED) is 0.510. The molecule has 0 atom stereocenters. The smallest absolute Gasteiger partial charge is 0.281 e. The highest BCUT2D eigenvalue weighted by atomic mass is 32.2. The Kier molecular flexibility index (Phi) is 5.43. The molecule has 1 N–H and O–H groups in total. The average molecular weight is 450 g/mol. The van der Waals surface area contributed by atoms with Gasteiger partial charge in [-0.3, -0.25) is 4.55 Å². The molecule has 0 bridgehead atoms. The Balaban J connectivity index is 7.42. The van der Waals surface area contributed by atoms with Crippen molar-refractivity contribution in [3.8, 4) is 0 Å². The van der Waals surface area contributed by atoms with Crippen LogP contribution in [0.1, 0.15) is 0 Å². The van der Waals surface area contributed by atoms with Gasteiger partial charge in [-0.15, -0.1) is 0 Å². The summed E-state index contributed by atoms with van der Waals surface area (Å²) in [5.41, 5.74) is -8.82. The van der Waals surface area contributed by atoms with Gasteiger partial charge in [0.1, 0.15) is 0 Å². The maximum Gasteiger partial charge on any atom is 0.437 e. The van der Waals surface area contributed by atoms with Crippen LogP contribution in [0.4, 0.5) is 65.9 Å². The molecule has 0 unspecified atom stereocenters. The van der Waals surface area contributed by atoms with Gasteiger partial charge in [-0.1, -0.05) is 0 Å². The second-order valence-corrected chi connectivity index (χ2v) is 5.85. The van der Waals surface area contributed by atoms with Crippen molar-refractivity contribution in [3.63, 3.8) is 0 Å². The van der Waals surface area contributed by atoms with E-state index in [4.69, 9.17) is 4.55 Å². The Morgan fingerprint density at radius 1 is 0.500 bits per heavy atom. The van der Waals surface area contributed by atoms with Crippen LogP contribution in [0.3, 0.4) is 0 Å². The summed E-state index contributed by atoms with van der Waals surface area (Å²) in [6.45, 7) is 0. The highest BCUT2D eigenvalue weighted by Gasteiger charge is 3.00. The molecule has 0 aliphatic rings. The predicted molar refractivity (Wildman–Crippen MR) is 47.0 cm³/mol. The van der Waals surface area contributed by atoms with E-state index in [0.29, 0.717) is 0 Å². The lowest BCUT2D eigenvalue weighted by atomic mass is 9.75. The van der Waals surface area contributed by atoms with Crippen molar-refractivity contribution >= 4 is 10.1 Å². The molecule has 3 nitrogen and oxygen atoms in total. The highest BCUT2D eigenvalue weighted by Crippen LogP contribution is 2.70. The van der Waals surface area contributed by atoms with Crippen molar-refractivity contribution in [3.05, 3.63) is 0 Å². The number of hydrogen-bond donors (Lipinski definition) is 1. The lowest BCUT2D eigenvalue weighted by molar-refractivity contribution is -0.503. The molecule has 19 heteroatoms. The van der Waals surface area contributed by atoms with E-state index in [0.717, 1.165) is 0 Å². The second-order valence-electron chi connectivity index (χ2n) is 4.38. The average Bonchev–Trinajstić information content (AvgIpc) is 2.19. The van der Waals surface area contributed by atoms with E-state index in [-0.39, 0.29) is 0 Å². The summed E-state index contributed by atoms with van der Waals surface area (Å²) in [5.74, 6) is -17.4. The molecule has 158 valence electrons. The molecule has 0 radical (unpaired) electrons. The molecule has 0 aromatic carbocycles. The molecule has 0 saturated carbocycles. The van der Waals surface area contributed by atoms with E-state index in [1.165, 1.54) is 0 Å². The van der Waals surface area contributed by atoms with E-state index >= 15 is 0 Å². The molecule has 0 aliphatic heterocycles. The van der Waals surface area contributed by atoms with Gasteiger partial charge in [0, 0.05) is 0 Å². The number of alkyl halides is 15. The van der Waals surface area contributed by atoms with Gasteiger partial charge in [0.2, 0.25) is 0 Å². The topological polar surface area (TPSA) is 54.4 Å². The zero-order valence-electron chi connectivity index (χ0n) is 10.8. The summed E-state index contributed by atoms with van der Waals surface area (Å²) < 4.78 is 217. The van der Waals surface area contributed by atoms with Crippen molar-refractivity contribution in [2.45, 2.75) is 35.6 Å². The fourth-order valence-electron chi connectivity index (χ4n) is 1.60. The predicted octanol–water partition coefficient (Wildman–Crippen LogP) is 4.41. The third-order valence-electron chi connectivity index (χ3n) is 2.83. The van der Waals surface area contributed by atoms with Gasteiger partial charge in [0.05, 0.1) is 0 Å². The molecule has 0 fully saturated rings. The first-order chi connectivity index (χ1) is 10.8. The lowest BCUT2D eigenvalue weighted by Gasteiger charge is -2.46. The summed E-state index contributed by atoms with van der Waals surface area (Å²) in [6.07, 6.45) is -25.3. The number of halogens is 15. The first kappa shape index (κ1) is 24.9. The van der Waals surface area contributed by atoms with Crippen LogP contribution >= 0.6 is 0 Å². The number of rotatable bonds is 4. The molecule has 0 aromatic rings. The summed E-state index contributed by atoms with van der Waals surface area (Å²) in [7, 11) is -7.91. The minimum atomic E-state index is -8.89. The third-order valence-corrected chi connectivity index (χ3v) is 3.73. The van der Waals surface area contributed by atoms with Crippen LogP contribution in [-0.4, -0.2) is 48.6 Å². The maximum absolute atomic E-state index is 13.3. The first-order valence-corrected chi connectivity index (χ1v) is 6.49. The Morgan fingerprint density at radius 3 is 0.885 bits per heavy atom. The van der Waals surface area contributed by atoms with E-state index in [9.17, 15) is 74.3 Å². The largest absolute Gasteiger partial charge is 0.437 e. The summed E-state index contributed by atoms with van der Waals surface area (Å²) >= 11 is 0. The van der Waals surface area contributed by atoms with Crippen LogP contribution < -0.4 is 0 Å². The SMILES string of the molecule is O=S(=O)(O)C(F)(F)C(F)(F)C(F)(F)C(C(F)(F)F)(C(F)(F)F)C(F)(F)F. The summed E-state index contributed by atoms with van der Waals surface area (Å²) in [5, 5.41) is -7.88. The van der Waals surface area contributed by atoms with Crippen LogP contribution in [0, 0.1) is 5.41 Å². The van der Waals surface area contributed by atoms with Crippen molar-refractivity contribution < 1.29 is 78.8 Å². The van der Waals surface area contributed by atoms with Gasteiger partial charge in [0.25, 0.3) is 0 Å². The van der Waals surface area contributed by atoms with E-state index < -0.39 is 51.2 Å². The van der Waals surface area contributed by atoms with Crippen LogP contribution in [0.15, 0.2) is 0 Å². The highest BCUT2D eigenvalue weighted by molar-refractivity contribution is 7.87. The second kappa shape index (κ2) is 5.68. The molecule has 0 heterocycles. The monoisotopic (exact) mass is 450 g/mol. The summed E-state index contributed by atoms with van der Waals surface area (Å²) in [4.78, 5) is 0. The first-order valence-electron chi connectivity index (χ1n) is 5.05. The van der Waals surface area contributed by atoms with Gasteiger partial charge in [-0.25, -0.2) is 0 Å². The van der Waals surface area contributed by atoms with Crippen molar-refractivity contribution in [2.75, 3.05) is 0 Å². The standard InChI is InChI=1S/C7HF15O3S/c8-2(9,3(10,11)7(21,22)26(23,24)25)1(4(12,13)14,5(15,16)17)6(18,19)20/h(H,23,24,25). The van der Waals surface area contributed by atoms with E-state index in [2.05, 4.69) is 0 Å². The van der Waals surface area contributed by atoms with Crippen LogP contribution in [0.2, 0.25) is 0 Å². The van der Waals surface area contributed by atoms with Gasteiger partial charge in [0.15, 0.2) is 0 Å². The van der Waals surface area contributed by atoms with Crippen LogP contribution in [-0.2, 0) is 10.1 Å². The van der Waals surface area contributed by atoms with Gasteiger partial charge >= 0.3 is 51.2 Å². The van der Waals surface area contributed by atoms with E-state index in [1.54, 1.807) is 0 Å². The van der Waals surface area contributed by atoms with Gasteiger partial charge < -0.3 is 0 Å². The minimum Gasteiger partial charge on any atom is -0.281 e. The molecule has 0 aromatic heterocycles. The van der Waals surface area contributed by atoms with Crippen molar-refractivity contribution in [2.24, 2.45) is 5.41 Å². The van der Waals surface area contributed by atoms with Crippen molar-refractivity contribution in [1.82, 2.24) is 0 Å². The minimum absolute atomic E-state index is 7.68. The normalized spacial score (nSPS) is 16.8. The maximum atomic E-state index is 13.3. The van der Waals surface area contributed by atoms with Crippen LogP contribution in [0.5, 0.6) is 0 Å². The fraction of sp³-hybridized carbons (Fsp3) is 1.00. The van der Waals surface area contributed by atoms with Gasteiger partial charge in [-0.2, -0.15) is 74.3 Å². The Labute approximate surface area is 131 Å².